The van der Waals surface area contributed by atoms with E-state index in [-0.39, 0.29) is 46.6 Å². The van der Waals surface area contributed by atoms with Crippen LogP contribution in [0.5, 0.6) is 0 Å². The van der Waals surface area contributed by atoms with Gasteiger partial charge in [-0.2, -0.15) is 11.8 Å². The molecule has 2 radical (unpaired) electrons. The van der Waals surface area contributed by atoms with Crippen LogP contribution in [0.2, 0.25) is 0 Å². The number of carboxylic acids is 2. The molecule has 0 aliphatic heterocycles. The van der Waals surface area contributed by atoms with E-state index in [4.69, 9.17) is 40.4 Å². The van der Waals surface area contributed by atoms with Crippen LogP contribution in [-0.4, -0.2) is 74.6 Å². The second-order valence-electron chi connectivity index (χ2n) is 2.28. The van der Waals surface area contributed by atoms with E-state index in [0.29, 0.717) is 17.9 Å². The maximum atomic E-state index is 10.2. The van der Waals surface area contributed by atoms with Gasteiger partial charge in [-0.25, -0.2) is 0 Å². The van der Waals surface area contributed by atoms with E-state index in [1.165, 1.54) is 11.8 Å². The minimum atomic E-state index is -1.29. The van der Waals surface area contributed by atoms with Crippen molar-refractivity contribution in [2.45, 2.75) is 11.1 Å². The summed E-state index contributed by atoms with van der Waals surface area (Å²) in [5.41, 5.74) is 0. The molecule has 0 N–H and O–H groups in total. The standard InChI is InChI=1S/C7H11ClO4S2.6CH2O.2Re/c8-6(7(11)12)14-3-1-2-13-4-5(9)10;6*1-2;;/h6H,1-4H2,(H,9,10)(H,11,12);6*1H2;;/p-2/t6-;;;;;;;;/m1......../s1. The molecule has 1 atom stereocenters. The summed E-state index contributed by atoms with van der Waals surface area (Å²) in [6.45, 7) is 12.0. The first-order valence-electron chi connectivity index (χ1n) is 5.51. The molecule has 0 spiro atoms. The summed E-state index contributed by atoms with van der Waals surface area (Å²) in [7, 11) is 0. The molecule has 0 unspecified atom stereocenters. The van der Waals surface area contributed by atoms with Gasteiger partial charge in [0.2, 0.25) is 0 Å². The molecule has 0 aromatic heterocycles. The molecule has 0 aliphatic carbocycles. The van der Waals surface area contributed by atoms with Crippen molar-refractivity contribution in [3.63, 3.8) is 0 Å². The van der Waals surface area contributed by atoms with Crippen molar-refractivity contribution in [1.29, 1.82) is 0 Å². The molecule has 10 nitrogen and oxygen atoms in total. The average Bonchev–Trinajstić information content (AvgIpc) is 2.73. The van der Waals surface area contributed by atoms with E-state index in [1.54, 1.807) is 0 Å². The molecule has 0 fully saturated rings. The predicted molar refractivity (Wildman–Crippen MR) is 96.8 cm³/mol. The van der Waals surface area contributed by atoms with Gasteiger partial charge >= 0.3 is 0 Å². The summed E-state index contributed by atoms with van der Waals surface area (Å²) in [6, 6.07) is 0. The Hall–Kier alpha value is -0.725. The van der Waals surface area contributed by atoms with Gasteiger partial charge in [0.1, 0.15) is 45.4 Å². The van der Waals surface area contributed by atoms with Crippen molar-refractivity contribution in [2.75, 3.05) is 17.3 Å². The van der Waals surface area contributed by atoms with Crippen LogP contribution in [0.4, 0.5) is 0 Å². The number of halogens is 1. The zero-order valence-electron chi connectivity index (χ0n) is 14.7. The molecule has 0 saturated carbocycles. The summed E-state index contributed by atoms with van der Waals surface area (Å²) >= 11 is 7.68. The zero-order valence-corrected chi connectivity index (χ0v) is 22.5. The van der Waals surface area contributed by atoms with Crippen LogP contribution < -0.4 is 10.2 Å². The molecule has 0 bridgehead atoms. The number of carbonyl (C=O) groups excluding carboxylic acids is 8. The number of carbonyl (C=O) groups is 8. The summed E-state index contributed by atoms with van der Waals surface area (Å²) in [5, 5.41) is 20.1. The summed E-state index contributed by atoms with van der Waals surface area (Å²) < 4.78 is -1.03. The SMILES string of the molecule is C=O.C=O.C=O.C=O.C=O.C=O.O=C([O-])CSCCCS[C@@H](Cl)C(=O)[O-].[Re].[Re]. The Morgan fingerprint density at radius 3 is 1.32 bits per heavy atom. The molecular weight excluding hydrogens is 788 g/mol. The van der Waals surface area contributed by atoms with Crippen LogP contribution in [0, 0.1) is 0 Å². The van der Waals surface area contributed by atoms with Crippen molar-refractivity contribution in [3.8, 4) is 0 Å². The van der Waals surface area contributed by atoms with Crippen LogP contribution in [0.1, 0.15) is 6.42 Å². The molecule has 0 saturated heterocycles. The van der Waals surface area contributed by atoms with Crippen LogP contribution in [0.15, 0.2) is 0 Å². The van der Waals surface area contributed by atoms with Gasteiger partial charge < -0.3 is 48.6 Å². The van der Waals surface area contributed by atoms with Crippen LogP contribution in [-0.2, 0) is 79.2 Å². The smallest absolute Gasteiger partial charge is 0.118 e. The largest absolute Gasteiger partial charge is 0.549 e. The normalized spacial score (nSPS) is 7.04. The second-order valence-corrected chi connectivity index (χ2v) is 5.30. The monoisotopic (exact) mass is 810 g/mol. The van der Waals surface area contributed by atoms with Crippen LogP contribution in [0.25, 0.3) is 0 Å². The van der Waals surface area contributed by atoms with Gasteiger partial charge in [-0.1, -0.05) is 0 Å². The van der Waals surface area contributed by atoms with E-state index in [0.717, 1.165) is 11.8 Å². The number of carboxylic acid groups (broad SMARTS) is 2. The van der Waals surface area contributed by atoms with Gasteiger partial charge in [-0.15, -0.1) is 23.4 Å². The number of thioether (sulfide) groups is 2. The number of hydrogen-bond donors (Lipinski definition) is 0. The molecule has 0 aromatic carbocycles. The van der Waals surface area contributed by atoms with Gasteiger partial charge in [0.05, 0.1) is 11.9 Å². The van der Waals surface area contributed by atoms with Gasteiger partial charge in [-0.3, -0.25) is 0 Å². The Balaban J connectivity index is -0.0000000315. The molecule has 0 amide bonds. The molecule has 28 heavy (non-hydrogen) atoms. The van der Waals surface area contributed by atoms with Crippen LogP contribution >= 0.6 is 35.1 Å². The first-order chi connectivity index (χ1) is 12.5. The minimum absolute atomic E-state index is 0. The molecule has 0 aliphatic rings. The van der Waals surface area contributed by atoms with Crippen molar-refractivity contribution in [1.82, 2.24) is 0 Å². The fourth-order valence-corrected chi connectivity index (χ4v) is 2.33. The molecule has 15 heteroatoms. The van der Waals surface area contributed by atoms with Crippen molar-refractivity contribution in [2.24, 2.45) is 0 Å². The van der Waals surface area contributed by atoms with E-state index in [2.05, 4.69) is 0 Å². The molecule has 0 heterocycles. The Bertz CT molecular complexity index is 283. The van der Waals surface area contributed by atoms with Crippen molar-refractivity contribution < 1.29 is 89.4 Å². The molecule has 0 aromatic rings. The maximum absolute atomic E-state index is 10.2. The second kappa shape index (κ2) is 82.4. The fraction of sp³-hybridized carbons (Fsp3) is 0.385. The van der Waals surface area contributed by atoms with E-state index < -0.39 is 16.6 Å². The molecule has 168 valence electrons. The fourth-order valence-electron chi connectivity index (χ4n) is 0.571. The molecular formula is C13H21ClO10Re2S2-2. The Kier molecular flexibility index (Phi) is 166. The van der Waals surface area contributed by atoms with Crippen molar-refractivity contribution in [3.05, 3.63) is 0 Å². The van der Waals surface area contributed by atoms with Gasteiger partial charge in [0.15, 0.2) is 0 Å². The Labute approximate surface area is 204 Å². The van der Waals surface area contributed by atoms with Crippen molar-refractivity contribution >= 4 is 87.8 Å². The first-order valence-corrected chi connectivity index (χ1v) is 8.15. The van der Waals surface area contributed by atoms with Gasteiger partial charge in [0, 0.05) is 46.6 Å². The van der Waals surface area contributed by atoms with E-state index in [1.807, 2.05) is 40.7 Å². The topological polar surface area (TPSA) is 183 Å². The van der Waals surface area contributed by atoms with Crippen LogP contribution in [0.3, 0.4) is 0 Å². The predicted octanol–water partition coefficient (Wildman–Crippen LogP) is -2.21. The number of rotatable bonds is 8. The summed E-state index contributed by atoms with van der Waals surface area (Å²) in [4.78, 5) is 68.1. The number of hydrogen-bond acceptors (Lipinski definition) is 12. The average molecular weight is 809 g/mol. The maximum Gasteiger partial charge on any atom is 0.118 e. The quantitative estimate of drug-likeness (QED) is 0.191. The third kappa shape index (κ3) is 98.8. The third-order valence-electron chi connectivity index (χ3n) is 1.10. The minimum Gasteiger partial charge on any atom is -0.549 e. The van der Waals surface area contributed by atoms with Gasteiger partial charge in [0.25, 0.3) is 0 Å². The number of alkyl halides is 1. The zero-order chi connectivity index (χ0) is 23.0. The number of aliphatic carboxylic acids is 2. The van der Waals surface area contributed by atoms with E-state index >= 15 is 0 Å². The summed E-state index contributed by atoms with van der Waals surface area (Å²) in [6.07, 6.45) is 0.707. The third-order valence-corrected chi connectivity index (χ3v) is 3.69. The molecule has 0 rings (SSSR count). The Morgan fingerprint density at radius 1 is 0.750 bits per heavy atom. The Morgan fingerprint density at radius 2 is 1.07 bits per heavy atom. The van der Waals surface area contributed by atoms with E-state index in [9.17, 15) is 19.8 Å². The van der Waals surface area contributed by atoms with Gasteiger partial charge in [-0.05, 0) is 17.9 Å². The first kappa shape index (κ1) is 56.4. The summed E-state index contributed by atoms with van der Waals surface area (Å²) in [5.74, 6) is -1.19.